The highest BCUT2D eigenvalue weighted by Gasteiger charge is 2.38. The Morgan fingerprint density at radius 2 is 2.12 bits per heavy atom. The normalized spacial score (nSPS) is 22.1. The fraction of sp³-hybridized carbons (Fsp3) is 0.727. The molecule has 1 heterocycles. The van der Waals surface area contributed by atoms with Crippen LogP contribution in [-0.4, -0.2) is 26.1 Å². The van der Waals surface area contributed by atoms with Crippen molar-refractivity contribution >= 4 is 5.97 Å². The lowest BCUT2D eigenvalue weighted by Crippen LogP contribution is -2.13. The number of rotatable bonds is 4. The zero-order valence-corrected chi connectivity index (χ0v) is 9.26. The Bertz CT molecular complexity index is 432. The molecule has 3 rings (SSSR count). The van der Waals surface area contributed by atoms with Gasteiger partial charge in [0.25, 0.3) is 0 Å². The first-order chi connectivity index (χ1) is 7.68. The van der Waals surface area contributed by atoms with E-state index in [4.69, 9.17) is 5.11 Å². The molecule has 0 radical (unpaired) electrons. The molecule has 0 bridgehead atoms. The van der Waals surface area contributed by atoms with Crippen molar-refractivity contribution < 1.29 is 9.90 Å². The fourth-order valence-corrected chi connectivity index (χ4v) is 2.27. The molecule has 86 valence electrons. The molecule has 0 spiro atoms. The van der Waals surface area contributed by atoms with E-state index in [2.05, 4.69) is 17.2 Å². The van der Waals surface area contributed by atoms with Gasteiger partial charge in [0.05, 0.1) is 11.7 Å². The second kappa shape index (κ2) is 3.30. The number of hydrogen-bond donors (Lipinski definition) is 1. The molecule has 2 fully saturated rings. The summed E-state index contributed by atoms with van der Waals surface area (Å²) < 4.78 is 1.86. The topological polar surface area (TPSA) is 68.0 Å². The molecule has 1 atom stereocenters. The number of aromatic carboxylic acids is 1. The second-order valence-electron chi connectivity index (χ2n) is 4.93. The summed E-state index contributed by atoms with van der Waals surface area (Å²) in [5.74, 6) is 0.0966. The summed E-state index contributed by atoms with van der Waals surface area (Å²) in [6, 6.07) is 0.302. The summed E-state index contributed by atoms with van der Waals surface area (Å²) >= 11 is 0. The van der Waals surface area contributed by atoms with Crippen LogP contribution in [0.25, 0.3) is 0 Å². The maximum absolute atomic E-state index is 11.1. The summed E-state index contributed by atoms with van der Waals surface area (Å²) in [5, 5.41) is 16.9. The third-order valence-corrected chi connectivity index (χ3v) is 3.59. The van der Waals surface area contributed by atoms with Crippen molar-refractivity contribution in [3.8, 4) is 0 Å². The molecular weight excluding hydrogens is 206 g/mol. The van der Waals surface area contributed by atoms with Gasteiger partial charge in [-0.3, -0.25) is 0 Å². The number of carboxylic acid groups (broad SMARTS) is 1. The summed E-state index contributed by atoms with van der Waals surface area (Å²) in [5.41, 5.74) is 1.02. The summed E-state index contributed by atoms with van der Waals surface area (Å²) in [6.45, 7) is 2.11. The monoisotopic (exact) mass is 221 g/mol. The highest BCUT2D eigenvalue weighted by atomic mass is 16.4. The van der Waals surface area contributed by atoms with Gasteiger partial charge in [-0.25, -0.2) is 9.48 Å². The van der Waals surface area contributed by atoms with Crippen LogP contribution in [0.2, 0.25) is 0 Å². The largest absolute Gasteiger partial charge is 0.476 e. The zero-order chi connectivity index (χ0) is 11.3. The molecule has 0 aromatic carbocycles. The first kappa shape index (κ1) is 9.81. The van der Waals surface area contributed by atoms with Crippen LogP contribution in [0, 0.1) is 5.92 Å². The second-order valence-corrected chi connectivity index (χ2v) is 4.93. The first-order valence-corrected chi connectivity index (χ1v) is 5.87. The van der Waals surface area contributed by atoms with Crippen LogP contribution in [0.15, 0.2) is 0 Å². The number of nitrogens with zero attached hydrogens (tertiary/aromatic N) is 3. The maximum Gasteiger partial charge on any atom is 0.358 e. The van der Waals surface area contributed by atoms with Crippen LogP contribution in [-0.2, 0) is 0 Å². The van der Waals surface area contributed by atoms with Gasteiger partial charge in [0.1, 0.15) is 0 Å². The third kappa shape index (κ3) is 1.50. The molecule has 5 heteroatoms. The molecular formula is C11H15N3O2. The summed E-state index contributed by atoms with van der Waals surface area (Å²) in [4.78, 5) is 11.1. The van der Waals surface area contributed by atoms with Crippen molar-refractivity contribution in [2.45, 2.75) is 44.6 Å². The molecule has 0 saturated heterocycles. The van der Waals surface area contributed by atoms with Gasteiger partial charge in [-0.05, 0) is 38.5 Å². The Morgan fingerprint density at radius 3 is 2.62 bits per heavy atom. The van der Waals surface area contributed by atoms with E-state index in [1.165, 1.54) is 12.8 Å². The van der Waals surface area contributed by atoms with Crippen LogP contribution in [0.1, 0.15) is 60.7 Å². The minimum Gasteiger partial charge on any atom is -0.476 e. The summed E-state index contributed by atoms with van der Waals surface area (Å²) in [7, 11) is 0. The van der Waals surface area contributed by atoms with E-state index < -0.39 is 5.97 Å². The molecule has 0 aliphatic heterocycles. The standard InChI is InChI=1S/C11H15N3O2/c1-6(7-2-3-7)14-10(8-4-5-8)9(11(15)16)12-13-14/h6-8H,2-5H2,1H3,(H,15,16). The Balaban J connectivity index is 1.99. The van der Waals surface area contributed by atoms with E-state index in [9.17, 15) is 4.79 Å². The van der Waals surface area contributed by atoms with Crippen LogP contribution in [0.5, 0.6) is 0 Å². The van der Waals surface area contributed by atoms with Crippen LogP contribution in [0.3, 0.4) is 0 Å². The molecule has 1 N–H and O–H groups in total. The molecule has 1 unspecified atom stereocenters. The van der Waals surface area contributed by atoms with Crippen LogP contribution >= 0.6 is 0 Å². The molecule has 2 aliphatic rings. The van der Waals surface area contributed by atoms with E-state index in [1.54, 1.807) is 0 Å². The number of aromatic nitrogens is 3. The van der Waals surface area contributed by atoms with Gasteiger partial charge < -0.3 is 5.11 Å². The minimum atomic E-state index is -0.948. The SMILES string of the molecule is CC(C1CC1)n1nnc(C(=O)O)c1C1CC1. The van der Waals surface area contributed by atoms with Crippen LogP contribution in [0.4, 0.5) is 0 Å². The lowest BCUT2D eigenvalue weighted by Gasteiger charge is -2.13. The van der Waals surface area contributed by atoms with Gasteiger partial charge >= 0.3 is 5.97 Å². The van der Waals surface area contributed by atoms with Crippen LogP contribution < -0.4 is 0 Å². The van der Waals surface area contributed by atoms with Gasteiger partial charge in [0.2, 0.25) is 0 Å². The smallest absolute Gasteiger partial charge is 0.358 e. The van der Waals surface area contributed by atoms with Gasteiger partial charge in [-0.1, -0.05) is 5.21 Å². The van der Waals surface area contributed by atoms with E-state index >= 15 is 0 Å². The lowest BCUT2D eigenvalue weighted by atomic mass is 10.1. The Kier molecular flexibility index (Phi) is 2.02. The van der Waals surface area contributed by atoms with Crippen molar-refractivity contribution in [3.63, 3.8) is 0 Å². The Hall–Kier alpha value is -1.39. The maximum atomic E-state index is 11.1. The highest BCUT2D eigenvalue weighted by molar-refractivity contribution is 5.86. The van der Waals surface area contributed by atoms with Crippen molar-refractivity contribution in [2.75, 3.05) is 0 Å². The average molecular weight is 221 g/mol. The number of carboxylic acids is 1. The Morgan fingerprint density at radius 1 is 1.44 bits per heavy atom. The van der Waals surface area contributed by atoms with Crippen molar-refractivity contribution in [1.29, 1.82) is 0 Å². The van der Waals surface area contributed by atoms with Crippen molar-refractivity contribution in [2.24, 2.45) is 5.92 Å². The fourth-order valence-electron chi connectivity index (χ4n) is 2.27. The molecule has 1 aromatic rings. The Labute approximate surface area is 93.5 Å². The van der Waals surface area contributed by atoms with E-state index in [1.807, 2.05) is 4.68 Å². The number of carbonyl (C=O) groups is 1. The molecule has 5 nitrogen and oxygen atoms in total. The highest BCUT2D eigenvalue weighted by Crippen LogP contribution is 2.45. The van der Waals surface area contributed by atoms with Crippen molar-refractivity contribution in [1.82, 2.24) is 15.0 Å². The lowest BCUT2D eigenvalue weighted by molar-refractivity contribution is 0.0689. The van der Waals surface area contributed by atoms with Gasteiger partial charge in [-0.15, -0.1) is 5.10 Å². The quantitative estimate of drug-likeness (QED) is 0.842. The van der Waals surface area contributed by atoms with E-state index in [0.717, 1.165) is 18.5 Å². The molecule has 0 amide bonds. The first-order valence-electron chi connectivity index (χ1n) is 5.87. The molecule has 1 aromatic heterocycles. The predicted octanol–water partition coefficient (Wildman–Crippen LogP) is 1.82. The van der Waals surface area contributed by atoms with Gasteiger partial charge in [0.15, 0.2) is 5.69 Å². The molecule has 2 saturated carbocycles. The summed E-state index contributed by atoms with van der Waals surface area (Å²) in [6.07, 6.45) is 4.61. The average Bonchev–Trinajstić information content (AvgIpc) is 3.13. The van der Waals surface area contributed by atoms with E-state index in [0.29, 0.717) is 17.9 Å². The third-order valence-electron chi connectivity index (χ3n) is 3.59. The molecule has 2 aliphatic carbocycles. The predicted molar refractivity (Wildman–Crippen MR) is 56.4 cm³/mol. The van der Waals surface area contributed by atoms with Crippen molar-refractivity contribution in [3.05, 3.63) is 11.4 Å². The van der Waals surface area contributed by atoms with Gasteiger partial charge in [-0.2, -0.15) is 0 Å². The number of hydrogen-bond acceptors (Lipinski definition) is 3. The van der Waals surface area contributed by atoms with E-state index in [-0.39, 0.29) is 5.69 Å². The molecule has 16 heavy (non-hydrogen) atoms. The van der Waals surface area contributed by atoms with Gasteiger partial charge in [0, 0.05) is 5.92 Å². The zero-order valence-electron chi connectivity index (χ0n) is 9.26. The minimum absolute atomic E-state index is 0.162.